The van der Waals surface area contributed by atoms with Crippen LogP contribution < -0.4 is 5.14 Å². The van der Waals surface area contributed by atoms with Crippen LogP contribution in [0.3, 0.4) is 0 Å². The van der Waals surface area contributed by atoms with Gasteiger partial charge in [-0.3, -0.25) is 4.79 Å². The quantitative estimate of drug-likeness (QED) is 0.498. The summed E-state index contributed by atoms with van der Waals surface area (Å²) >= 11 is 5.85. The molecule has 0 fully saturated rings. The maximum atomic E-state index is 12.6. The summed E-state index contributed by atoms with van der Waals surface area (Å²) in [5, 5.41) is 16.8. The number of hydrogen-bond acceptors (Lipinski definition) is 4. The summed E-state index contributed by atoms with van der Waals surface area (Å²) in [5.74, 6) is -0.236. The Morgan fingerprint density at radius 1 is 1.10 bits per heavy atom. The van der Waals surface area contributed by atoms with Crippen molar-refractivity contribution >= 4 is 27.4 Å². The van der Waals surface area contributed by atoms with E-state index in [1.165, 1.54) is 6.92 Å². The average molecular weight is 433 g/mol. The van der Waals surface area contributed by atoms with Crippen LogP contribution in [0, 0.1) is 0 Å². The zero-order valence-corrected chi connectivity index (χ0v) is 17.2. The number of carbonyl (C=O) groups excluding carboxylic acids is 1. The Balaban J connectivity index is 1.86. The molecule has 0 aliphatic heterocycles. The number of carbonyl (C=O) groups is 1. The number of halogens is 1. The van der Waals surface area contributed by atoms with Crippen molar-refractivity contribution in [2.24, 2.45) is 5.14 Å². The lowest BCUT2D eigenvalue weighted by Gasteiger charge is -2.32. The number of aromatic nitrogens is 1. The maximum Gasteiger partial charge on any atom is 0.221 e. The standard InChI is InChI=1S/C21H21ClN2O4S/c1-21(29(23,27)28,15-5-3-2-4-6-15)19(25)13-17-11-12-18(24-17)20(26)14-7-9-16(22)10-8-14/h2-12,19,24-25H,13H2,1H3,(H2,23,27,28). The Bertz CT molecular complexity index is 1110. The number of rotatable bonds is 7. The van der Waals surface area contributed by atoms with Gasteiger partial charge >= 0.3 is 0 Å². The fourth-order valence-electron chi connectivity index (χ4n) is 3.17. The lowest BCUT2D eigenvalue weighted by molar-refractivity contribution is 0.103. The molecule has 3 rings (SSSR count). The molecule has 0 aliphatic carbocycles. The third-order valence-electron chi connectivity index (χ3n) is 5.08. The summed E-state index contributed by atoms with van der Waals surface area (Å²) in [7, 11) is -4.14. The van der Waals surface area contributed by atoms with Crippen LogP contribution in [-0.4, -0.2) is 30.4 Å². The van der Waals surface area contributed by atoms with Crippen molar-refractivity contribution in [3.63, 3.8) is 0 Å². The number of H-pyrrole nitrogens is 1. The lowest BCUT2D eigenvalue weighted by atomic mass is 9.91. The highest BCUT2D eigenvalue weighted by Gasteiger charge is 2.45. The Labute approximate surface area is 174 Å². The molecular weight excluding hydrogens is 412 g/mol. The van der Waals surface area contributed by atoms with Crippen LogP contribution in [0.15, 0.2) is 66.7 Å². The normalized spacial score (nSPS) is 14.9. The van der Waals surface area contributed by atoms with Gasteiger partial charge in [-0.2, -0.15) is 0 Å². The van der Waals surface area contributed by atoms with Gasteiger partial charge in [0, 0.05) is 22.7 Å². The Morgan fingerprint density at radius 3 is 2.31 bits per heavy atom. The molecule has 6 nitrogen and oxygen atoms in total. The fraction of sp³-hybridized carbons (Fsp3) is 0.190. The molecule has 29 heavy (non-hydrogen) atoms. The van der Waals surface area contributed by atoms with Crippen molar-refractivity contribution in [2.45, 2.75) is 24.2 Å². The molecule has 0 saturated heterocycles. The van der Waals surface area contributed by atoms with E-state index in [4.69, 9.17) is 16.7 Å². The molecule has 152 valence electrons. The molecule has 0 spiro atoms. The van der Waals surface area contributed by atoms with Crippen molar-refractivity contribution in [2.75, 3.05) is 0 Å². The molecular formula is C21H21ClN2O4S. The van der Waals surface area contributed by atoms with Crippen LogP contribution in [-0.2, 0) is 21.2 Å². The first kappa shape index (κ1) is 21.3. The maximum absolute atomic E-state index is 12.6. The van der Waals surface area contributed by atoms with Crippen molar-refractivity contribution in [1.82, 2.24) is 4.98 Å². The van der Waals surface area contributed by atoms with Crippen molar-refractivity contribution in [1.29, 1.82) is 0 Å². The van der Waals surface area contributed by atoms with Crippen LogP contribution in [0.5, 0.6) is 0 Å². The average Bonchev–Trinajstić information content (AvgIpc) is 3.15. The van der Waals surface area contributed by atoms with Gasteiger partial charge in [0.2, 0.25) is 15.8 Å². The Hall–Kier alpha value is -2.45. The summed E-state index contributed by atoms with van der Waals surface area (Å²) in [6.45, 7) is 1.39. The first-order chi connectivity index (χ1) is 13.6. The Morgan fingerprint density at radius 2 is 1.72 bits per heavy atom. The minimum absolute atomic E-state index is 0.0320. The molecule has 8 heteroatoms. The van der Waals surface area contributed by atoms with E-state index in [-0.39, 0.29) is 12.2 Å². The van der Waals surface area contributed by atoms with E-state index < -0.39 is 20.9 Å². The van der Waals surface area contributed by atoms with Gasteiger partial charge < -0.3 is 10.1 Å². The summed E-state index contributed by atoms with van der Waals surface area (Å²) in [5.41, 5.74) is 1.69. The number of primary sulfonamides is 1. The summed E-state index contributed by atoms with van der Waals surface area (Å²) < 4.78 is 23.0. The number of hydrogen-bond donors (Lipinski definition) is 3. The highest BCUT2D eigenvalue weighted by Crippen LogP contribution is 2.33. The van der Waals surface area contributed by atoms with Gasteiger partial charge in [-0.05, 0) is 48.9 Å². The number of ketones is 1. The molecule has 1 aromatic heterocycles. The van der Waals surface area contributed by atoms with Crippen LogP contribution in [0.4, 0.5) is 0 Å². The van der Waals surface area contributed by atoms with E-state index in [1.807, 2.05) is 0 Å². The second-order valence-corrected chi connectivity index (χ2v) is 9.35. The van der Waals surface area contributed by atoms with E-state index >= 15 is 0 Å². The predicted octanol–water partition coefficient (Wildman–Crippen LogP) is 3.01. The van der Waals surface area contributed by atoms with E-state index in [9.17, 15) is 18.3 Å². The molecule has 2 atom stereocenters. The van der Waals surface area contributed by atoms with Gasteiger partial charge in [-0.1, -0.05) is 41.9 Å². The minimum Gasteiger partial charge on any atom is -0.391 e. The predicted molar refractivity (Wildman–Crippen MR) is 112 cm³/mol. The van der Waals surface area contributed by atoms with E-state index in [0.717, 1.165) is 0 Å². The molecule has 2 aromatic carbocycles. The zero-order valence-electron chi connectivity index (χ0n) is 15.7. The third-order valence-corrected chi connectivity index (χ3v) is 7.03. The van der Waals surface area contributed by atoms with Crippen LogP contribution >= 0.6 is 11.6 Å². The minimum atomic E-state index is -4.14. The van der Waals surface area contributed by atoms with E-state index in [1.54, 1.807) is 66.7 Å². The summed E-state index contributed by atoms with van der Waals surface area (Å²) in [6, 6.07) is 18.1. The Kier molecular flexibility index (Phi) is 5.95. The van der Waals surface area contributed by atoms with Crippen LogP contribution in [0.2, 0.25) is 5.02 Å². The molecule has 4 N–H and O–H groups in total. The highest BCUT2D eigenvalue weighted by molar-refractivity contribution is 7.90. The van der Waals surface area contributed by atoms with E-state index in [2.05, 4.69) is 4.98 Å². The van der Waals surface area contributed by atoms with Crippen LogP contribution in [0.25, 0.3) is 0 Å². The topological polar surface area (TPSA) is 113 Å². The second kappa shape index (κ2) is 8.12. The van der Waals surface area contributed by atoms with Crippen LogP contribution in [0.1, 0.15) is 34.2 Å². The monoisotopic (exact) mass is 432 g/mol. The van der Waals surface area contributed by atoms with Gasteiger partial charge in [0.15, 0.2) is 0 Å². The molecule has 2 unspecified atom stereocenters. The van der Waals surface area contributed by atoms with Crippen molar-refractivity contribution in [3.05, 3.63) is 94.3 Å². The number of aliphatic hydroxyl groups excluding tert-OH is 1. The first-order valence-corrected chi connectivity index (χ1v) is 10.8. The molecule has 0 aliphatic rings. The second-order valence-electron chi connectivity index (χ2n) is 6.97. The SMILES string of the molecule is CC(c1ccccc1)(C(O)Cc1ccc(C(=O)c2ccc(Cl)cc2)[nH]1)S(N)(=O)=O. The van der Waals surface area contributed by atoms with Gasteiger partial charge in [-0.25, -0.2) is 13.6 Å². The number of benzene rings is 2. The third kappa shape index (κ3) is 4.28. The molecule has 3 aromatic rings. The lowest BCUT2D eigenvalue weighted by Crippen LogP contribution is -2.48. The zero-order chi connectivity index (χ0) is 21.2. The number of nitrogens with two attached hydrogens (primary N) is 1. The number of nitrogens with one attached hydrogen (secondary N) is 1. The van der Waals surface area contributed by atoms with E-state index in [0.29, 0.717) is 27.5 Å². The smallest absolute Gasteiger partial charge is 0.221 e. The summed E-state index contributed by atoms with van der Waals surface area (Å²) in [6.07, 6.45) is -1.37. The highest BCUT2D eigenvalue weighted by atomic mass is 35.5. The van der Waals surface area contributed by atoms with Crippen molar-refractivity contribution in [3.8, 4) is 0 Å². The van der Waals surface area contributed by atoms with Gasteiger partial charge in [0.1, 0.15) is 4.75 Å². The van der Waals surface area contributed by atoms with Crippen molar-refractivity contribution < 1.29 is 18.3 Å². The number of sulfonamides is 1. The first-order valence-electron chi connectivity index (χ1n) is 8.87. The van der Waals surface area contributed by atoms with Gasteiger partial charge in [0.25, 0.3) is 0 Å². The number of aliphatic hydroxyl groups is 1. The summed E-state index contributed by atoms with van der Waals surface area (Å²) in [4.78, 5) is 15.5. The van der Waals surface area contributed by atoms with Gasteiger partial charge in [-0.15, -0.1) is 0 Å². The molecule has 0 radical (unpaired) electrons. The molecule has 1 heterocycles. The fourth-order valence-corrected chi connectivity index (χ4v) is 4.22. The number of aromatic amines is 1. The molecule has 0 saturated carbocycles. The molecule has 0 amide bonds. The van der Waals surface area contributed by atoms with Gasteiger partial charge in [0.05, 0.1) is 11.8 Å². The largest absolute Gasteiger partial charge is 0.391 e. The molecule has 0 bridgehead atoms.